The molecule has 4 heteroatoms. The van der Waals surface area contributed by atoms with E-state index in [9.17, 15) is 0 Å². The molecular weight excluding hydrogens is 889 g/mol. The molecule has 1 aromatic heterocycles. The molecule has 4 aliphatic carbocycles. The summed E-state index contributed by atoms with van der Waals surface area (Å²) in [6, 6.07) is 52.9. The molecular formula is C69H66N2O2. The Morgan fingerprint density at radius 3 is 2.00 bits per heavy atom. The van der Waals surface area contributed by atoms with Gasteiger partial charge in [0.1, 0.15) is 23.0 Å². The van der Waals surface area contributed by atoms with Crippen molar-refractivity contribution in [1.29, 1.82) is 0 Å². The third-order valence-electron chi connectivity index (χ3n) is 17.0. The monoisotopic (exact) mass is 955 g/mol. The summed E-state index contributed by atoms with van der Waals surface area (Å²) in [4.78, 5) is 5.12. The number of hydrogen-bond acceptors (Lipinski definition) is 4. The van der Waals surface area contributed by atoms with Crippen molar-refractivity contribution in [1.82, 2.24) is 0 Å². The number of nitrogens with zero attached hydrogens (tertiary/aromatic N) is 2. The van der Waals surface area contributed by atoms with Crippen LogP contribution in [0.4, 0.5) is 28.4 Å². The fourth-order valence-electron chi connectivity index (χ4n) is 13.1. The minimum absolute atomic E-state index is 0.0182. The van der Waals surface area contributed by atoms with Gasteiger partial charge >= 0.3 is 0 Å². The normalized spacial score (nSPS) is 19.2. The zero-order valence-corrected chi connectivity index (χ0v) is 43.5. The highest BCUT2D eigenvalue weighted by Crippen LogP contribution is 2.65. The van der Waals surface area contributed by atoms with E-state index in [4.69, 9.17) is 9.15 Å². The third-order valence-corrected chi connectivity index (χ3v) is 17.0. The van der Waals surface area contributed by atoms with Gasteiger partial charge in [-0.2, -0.15) is 0 Å². The van der Waals surface area contributed by atoms with Crippen LogP contribution in [0, 0.1) is 0 Å². The van der Waals surface area contributed by atoms with Crippen molar-refractivity contribution < 1.29 is 9.15 Å². The Labute approximate surface area is 432 Å². The second kappa shape index (κ2) is 17.2. The van der Waals surface area contributed by atoms with Gasteiger partial charge in [0.05, 0.1) is 11.7 Å². The van der Waals surface area contributed by atoms with Gasteiger partial charge in [0, 0.05) is 62.0 Å². The number of ether oxygens (including phenoxy) is 1. The van der Waals surface area contributed by atoms with Gasteiger partial charge in [0.25, 0.3) is 0 Å². The first-order valence-corrected chi connectivity index (χ1v) is 26.9. The molecule has 5 aliphatic rings. The maximum atomic E-state index is 7.38. The Morgan fingerprint density at radius 2 is 1.27 bits per heavy atom. The topological polar surface area (TPSA) is 28.9 Å². The fraction of sp³-hybridized carbons (Fsp3) is 0.275. The molecule has 0 N–H and O–H groups in total. The van der Waals surface area contributed by atoms with Gasteiger partial charge in [-0.15, -0.1) is 0 Å². The molecule has 364 valence electrons. The highest BCUT2D eigenvalue weighted by molar-refractivity contribution is 6.06. The highest BCUT2D eigenvalue weighted by atomic mass is 16.5. The van der Waals surface area contributed by atoms with Crippen LogP contribution in [0.15, 0.2) is 186 Å². The molecule has 0 amide bonds. The first-order valence-electron chi connectivity index (χ1n) is 26.9. The summed E-state index contributed by atoms with van der Waals surface area (Å²) in [5.41, 5.74) is 20.9. The van der Waals surface area contributed by atoms with Crippen LogP contribution in [0.25, 0.3) is 38.6 Å². The van der Waals surface area contributed by atoms with Crippen molar-refractivity contribution in [2.45, 2.75) is 121 Å². The van der Waals surface area contributed by atoms with Crippen LogP contribution < -0.4 is 14.5 Å². The van der Waals surface area contributed by atoms with Crippen molar-refractivity contribution in [3.05, 3.63) is 221 Å². The van der Waals surface area contributed by atoms with E-state index in [0.29, 0.717) is 0 Å². The van der Waals surface area contributed by atoms with Gasteiger partial charge in [0.15, 0.2) is 0 Å². The number of rotatable bonds is 8. The van der Waals surface area contributed by atoms with Gasteiger partial charge < -0.3 is 19.0 Å². The molecule has 1 spiro atoms. The molecule has 13 rings (SSSR count). The minimum atomic E-state index is -0.168. The molecule has 8 aromatic rings. The molecule has 4 nitrogen and oxygen atoms in total. The minimum Gasteiger partial charge on any atom is -0.484 e. The number of para-hydroxylation sites is 1. The quantitative estimate of drug-likeness (QED) is 0.152. The Hall–Kier alpha value is -7.30. The third kappa shape index (κ3) is 7.46. The second-order valence-electron chi connectivity index (χ2n) is 23.4. The Morgan fingerprint density at radius 1 is 0.603 bits per heavy atom. The molecule has 0 saturated heterocycles. The summed E-state index contributed by atoms with van der Waals surface area (Å²) in [7, 11) is 0. The summed E-state index contributed by atoms with van der Waals surface area (Å²) in [6.07, 6.45) is 22.7. The van der Waals surface area contributed by atoms with Crippen LogP contribution in [-0.4, -0.2) is 12.1 Å². The van der Waals surface area contributed by atoms with Crippen molar-refractivity contribution in [2.24, 2.45) is 0 Å². The summed E-state index contributed by atoms with van der Waals surface area (Å²) in [5.74, 6) is 1.09. The number of benzene rings is 7. The molecule has 7 aromatic carbocycles. The number of hydrogen-bond donors (Lipinski definition) is 0. The fourth-order valence-corrected chi connectivity index (χ4v) is 13.1. The molecule has 0 radical (unpaired) electrons. The number of fused-ring (bicyclic) bond motifs is 12. The van der Waals surface area contributed by atoms with Crippen LogP contribution in [0.2, 0.25) is 0 Å². The van der Waals surface area contributed by atoms with E-state index in [-0.39, 0.29) is 34.3 Å². The summed E-state index contributed by atoms with van der Waals surface area (Å²) in [6.45, 7) is 16.0. The average molecular weight is 955 g/mol. The van der Waals surface area contributed by atoms with E-state index in [2.05, 4.69) is 240 Å². The van der Waals surface area contributed by atoms with Gasteiger partial charge in [-0.1, -0.05) is 171 Å². The standard InChI is InChI=1S/C69H66N2O2/c1-8-44-17-9-10-18-53(44)45-23-29-48(30-24-45)70(49-31-25-46(26-32-49)67(2,3)4)51-36-38-56-58(41-51)69(39-15-16-40-69)59-43-60(65-57-20-12-14-22-62(57)73-66(65)64(56)59)71(50-33-27-47(28-34-50)68(5,6)7)52-35-37-55-54-19-11-13-21-61(54)72-63(55)42-52/h9-14,17-29,31-38,41-43,48,57,62H,8,15-16,30,39-40H2,1-7H3. The molecule has 73 heavy (non-hydrogen) atoms. The Kier molecular flexibility index (Phi) is 10.7. The summed E-state index contributed by atoms with van der Waals surface area (Å²) >= 11 is 0. The van der Waals surface area contributed by atoms with Crippen molar-refractivity contribution in [2.75, 3.05) is 9.80 Å². The summed E-state index contributed by atoms with van der Waals surface area (Å²) < 4.78 is 14.0. The second-order valence-corrected chi connectivity index (χ2v) is 23.4. The predicted molar refractivity (Wildman–Crippen MR) is 306 cm³/mol. The van der Waals surface area contributed by atoms with E-state index < -0.39 is 0 Å². The van der Waals surface area contributed by atoms with Gasteiger partial charge in [-0.3, -0.25) is 0 Å². The van der Waals surface area contributed by atoms with Crippen LogP contribution in [0.3, 0.4) is 0 Å². The maximum absolute atomic E-state index is 7.38. The Bertz CT molecular complexity index is 3600. The molecule has 2 heterocycles. The lowest BCUT2D eigenvalue weighted by Crippen LogP contribution is -2.31. The number of aryl methyl sites for hydroxylation is 1. The van der Waals surface area contributed by atoms with Crippen LogP contribution in [0.1, 0.15) is 125 Å². The number of anilines is 5. The maximum Gasteiger partial charge on any atom is 0.137 e. The lowest BCUT2D eigenvalue weighted by atomic mass is 9.75. The van der Waals surface area contributed by atoms with Crippen LogP contribution >= 0.6 is 0 Å². The van der Waals surface area contributed by atoms with Gasteiger partial charge in [0.2, 0.25) is 0 Å². The summed E-state index contributed by atoms with van der Waals surface area (Å²) in [5, 5.41) is 2.26. The van der Waals surface area contributed by atoms with Crippen molar-refractivity contribution >= 4 is 55.9 Å². The number of allylic oxidation sites excluding steroid dienone is 4. The van der Waals surface area contributed by atoms with Gasteiger partial charge in [-0.05, 0) is 148 Å². The zero-order chi connectivity index (χ0) is 49.8. The lowest BCUT2D eigenvalue weighted by Gasteiger charge is -2.35. The van der Waals surface area contributed by atoms with E-state index in [1.54, 1.807) is 0 Å². The van der Waals surface area contributed by atoms with Crippen molar-refractivity contribution in [3.63, 3.8) is 0 Å². The van der Waals surface area contributed by atoms with E-state index in [1.165, 1.54) is 85.5 Å². The van der Waals surface area contributed by atoms with E-state index >= 15 is 0 Å². The first-order chi connectivity index (χ1) is 35.4. The largest absolute Gasteiger partial charge is 0.484 e. The van der Waals surface area contributed by atoms with Crippen molar-refractivity contribution in [3.8, 4) is 16.9 Å². The first kappa shape index (κ1) is 45.6. The molecule has 1 aliphatic heterocycles. The van der Waals surface area contributed by atoms with Crippen LogP contribution in [0.5, 0.6) is 5.75 Å². The average Bonchev–Trinajstić information content (AvgIpc) is 4.20. The molecule has 3 unspecified atom stereocenters. The number of furan rings is 1. The highest BCUT2D eigenvalue weighted by Gasteiger charge is 2.50. The predicted octanol–water partition coefficient (Wildman–Crippen LogP) is 18.6. The smallest absolute Gasteiger partial charge is 0.137 e. The van der Waals surface area contributed by atoms with E-state index in [0.717, 1.165) is 64.7 Å². The van der Waals surface area contributed by atoms with E-state index in [1.807, 2.05) is 0 Å². The molecule has 1 saturated carbocycles. The molecule has 0 bridgehead atoms. The molecule has 1 fully saturated rings. The SMILES string of the molecule is CCc1ccccc1C1=CCC(N(c2ccc(C(C)(C)C)cc2)c2ccc3c(c2)C2(CCCC2)c2cc(N(c4ccc(C(C)(C)C)cc4)c4ccc5c(c4)oc4ccccc45)c4c(c2-3)OC2C=CC=CC42)C=C1. The zero-order valence-electron chi connectivity index (χ0n) is 43.5. The Balaban J connectivity index is 0.992. The molecule has 3 atom stereocenters. The van der Waals surface area contributed by atoms with Crippen LogP contribution in [-0.2, 0) is 22.7 Å². The van der Waals surface area contributed by atoms with Gasteiger partial charge in [-0.25, -0.2) is 0 Å². The lowest BCUT2D eigenvalue weighted by molar-refractivity contribution is 0.269.